The second kappa shape index (κ2) is 5.92. The van der Waals surface area contributed by atoms with Crippen LogP contribution in [-0.2, 0) is 4.79 Å². The van der Waals surface area contributed by atoms with Crippen molar-refractivity contribution >= 4 is 11.6 Å². The molecule has 0 saturated heterocycles. The molecule has 1 rings (SSSR count). The molecule has 0 N–H and O–H groups in total. The number of nitrogens with zero attached hydrogens (tertiary/aromatic N) is 1. The zero-order valence-corrected chi connectivity index (χ0v) is 9.46. The molecule has 0 aliphatic rings. The molecular weight excluding hydrogens is 205 g/mol. The van der Waals surface area contributed by atoms with Crippen LogP contribution in [0.1, 0.15) is 20.3 Å². The maximum atomic E-state index is 13.0. The lowest BCUT2D eigenvalue weighted by molar-refractivity contribution is -0.117. The van der Waals surface area contributed by atoms with Crippen molar-refractivity contribution in [2.75, 3.05) is 11.4 Å². The molecule has 0 unspecified atom stereocenters. The Kier molecular flexibility index (Phi) is 4.53. The Morgan fingerprint density at radius 3 is 2.81 bits per heavy atom. The molecule has 0 spiro atoms. The first kappa shape index (κ1) is 12.3. The highest BCUT2D eigenvalue weighted by atomic mass is 19.1. The van der Waals surface area contributed by atoms with Crippen LogP contribution in [0, 0.1) is 17.7 Å². The molecule has 0 heterocycles. The van der Waals surface area contributed by atoms with Gasteiger partial charge in [0.25, 0.3) is 0 Å². The summed E-state index contributed by atoms with van der Waals surface area (Å²) in [5.41, 5.74) is 0.574. The molecule has 16 heavy (non-hydrogen) atoms. The highest BCUT2D eigenvalue weighted by Crippen LogP contribution is 2.16. The van der Waals surface area contributed by atoms with Gasteiger partial charge in [0.2, 0.25) is 5.91 Å². The molecule has 0 bridgehead atoms. The minimum absolute atomic E-state index is 0.109. The standard InChI is InChI=1S/C13H14FNO/c1-3-5-9-13(16)15(4-2)12-8-6-7-11(14)10-12/h6-8,10H,4,9H2,1-2H3. The van der Waals surface area contributed by atoms with Crippen LogP contribution in [0.3, 0.4) is 0 Å². The monoisotopic (exact) mass is 219 g/mol. The molecule has 1 aromatic carbocycles. The number of halogens is 1. The SMILES string of the molecule is CC#CCC(=O)N(CC)c1cccc(F)c1. The Morgan fingerprint density at radius 1 is 1.50 bits per heavy atom. The van der Waals surface area contributed by atoms with Crippen molar-refractivity contribution in [3.8, 4) is 11.8 Å². The largest absolute Gasteiger partial charge is 0.312 e. The van der Waals surface area contributed by atoms with E-state index < -0.39 is 0 Å². The van der Waals surface area contributed by atoms with E-state index in [4.69, 9.17) is 0 Å². The third kappa shape index (κ3) is 3.09. The van der Waals surface area contributed by atoms with E-state index >= 15 is 0 Å². The van der Waals surface area contributed by atoms with Crippen LogP contribution in [0.15, 0.2) is 24.3 Å². The number of benzene rings is 1. The van der Waals surface area contributed by atoms with E-state index in [0.29, 0.717) is 12.2 Å². The molecule has 0 atom stereocenters. The van der Waals surface area contributed by atoms with Crippen molar-refractivity contribution < 1.29 is 9.18 Å². The Labute approximate surface area is 95.1 Å². The summed E-state index contributed by atoms with van der Waals surface area (Å²) >= 11 is 0. The smallest absolute Gasteiger partial charge is 0.239 e. The molecule has 0 aliphatic carbocycles. The number of carbonyl (C=O) groups is 1. The van der Waals surface area contributed by atoms with Gasteiger partial charge in [0.15, 0.2) is 0 Å². The van der Waals surface area contributed by atoms with Gasteiger partial charge in [-0.05, 0) is 32.0 Å². The number of anilines is 1. The molecule has 0 aliphatic heterocycles. The zero-order valence-electron chi connectivity index (χ0n) is 9.46. The van der Waals surface area contributed by atoms with Gasteiger partial charge < -0.3 is 4.90 Å². The summed E-state index contributed by atoms with van der Waals surface area (Å²) in [6.45, 7) is 4.04. The van der Waals surface area contributed by atoms with E-state index in [1.165, 1.54) is 17.0 Å². The van der Waals surface area contributed by atoms with Crippen molar-refractivity contribution in [3.63, 3.8) is 0 Å². The van der Waals surface area contributed by atoms with E-state index in [9.17, 15) is 9.18 Å². The Bertz CT molecular complexity index is 431. The fraction of sp³-hybridized carbons (Fsp3) is 0.308. The van der Waals surface area contributed by atoms with Crippen molar-refractivity contribution in [1.82, 2.24) is 0 Å². The molecular formula is C13H14FNO. The molecule has 3 heteroatoms. The average molecular weight is 219 g/mol. The summed E-state index contributed by atoms with van der Waals surface area (Å²) < 4.78 is 13.0. The second-order valence-electron chi connectivity index (χ2n) is 3.22. The Balaban J connectivity index is 2.88. The molecule has 2 nitrogen and oxygen atoms in total. The van der Waals surface area contributed by atoms with Crippen molar-refractivity contribution in [2.45, 2.75) is 20.3 Å². The first-order valence-corrected chi connectivity index (χ1v) is 5.14. The maximum Gasteiger partial charge on any atom is 0.239 e. The van der Waals surface area contributed by atoms with Gasteiger partial charge in [-0.15, -0.1) is 5.92 Å². The number of carbonyl (C=O) groups excluding carboxylic acids is 1. The summed E-state index contributed by atoms with van der Waals surface area (Å²) in [7, 11) is 0. The van der Waals surface area contributed by atoms with Gasteiger partial charge in [-0.3, -0.25) is 4.79 Å². The zero-order chi connectivity index (χ0) is 12.0. The molecule has 0 radical (unpaired) electrons. The highest BCUT2D eigenvalue weighted by molar-refractivity contribution is 5.94. The minimum atomic E-state index is -0.342. The Hall–Kier alpha value is -1.82. The quantitative estimate of drug-likeness (QED) is 0.715. The van der Waals surface area contributed by atoms with E-state index in [2.05, 4.69) is 11.8 Å². The summed E-state index contributed by atoms with van der Waals surface area (Å²) in [6.07, 6.45) is 0.168. The number of amides is 1. The third-order valence-corrected chi connectivity index (χ3v) is 2.15. The van der Waals surface area contributed by atoms with Gasteiger partial charge in [0, 0.05) is 12.2 Å². The Morgan fingerprint density at radius 2 is 2.25 bits per heavy atom. The fourth-order valence-electron chi connectivity index (χ4n) is 1.41. The van der Waals surface area contributed by atoms with Crippen LogP contribution in [0.25, 0.3) is 0 Å². The van der Waals surface area contributed by atoms with Crippen LogP contribution in [0.2, 0.25) is 0 Å². The third-order valence-electron chi connectivity index (χ3n) is 2.15. The first-order chi connectivity index (χ1) is 7.69. The molecule has 1 aromatic rings. The van der Waals surface area contributed by atoms with E-state index in [-0.39, 0.29) is 18.1 Å². The maximum absolute atomic E-state index is 13.0. The van der Waals surface area contributed by atoms with Gasteiger partial charge in [-0.25, -0.2) is 4.39 Å². The number of rotatable bonds is 3. The summed E-state index contributed by atoms with van der Waals surface area (Å²) in [5.74, 6) is 4.93. The summed E-state index contributed by atoms with van der Waals surface area (Å²) in [6, 6.07) is 6.00. The van der Waals surface area contributed by atoms with Crippen molar-refractivity contribution in [3.05, 3.63) is 30.1 Å². The minimum Gasteiger partial charge on any atom is -0.312 e. The van der Waals surface area contributed by atoms with Crippen LogP contribution in [-0.4, -0.2) is 12.5 Å². The molecule has 0 aromatic heterocycles. The molecule has 0 fully saturated rings. The predicted octanol–water partition coefficient (Wildman–Crippen LogP) is 2.59. The number of hydrogen-bond acceptors (Lipinski definition) is 1. The molecule has 0 saturated carbocycles. The average Bonchev–Trinajstić information content (AvgIpc) is 2.27. The van der Waals surface area contributed by atoms with Crippen LogP contribution >= 0.6 is 0 Å². The highest BCUT2D eigenvalue weighted by Gasteiger charge is 2.12. The van der Waals surface area contributed by atoms with E-state index in [0.717, 1.165) is 0 Å². The molecule has 1 amide bonds. The summed E-state index contributed by atoms with van der Waals surface area (Å²) in [4.78, 5) is 13.3. The number of hydrogen-bond donors (Lipinski definition) is 0. The lowest BCUT2D eigenvalue weighted by atomic mass is 10.2. The van der Waals surface area contributed by atoms with Crippen molar-refractivity contribution in [1.29, 1.82) is 0 Å². The lowest BCUT2D eigenvalue weighted by Gasteiger charge is -2.19. The normalized spacial score (nSPS) is 9.19. The fourth-order valence-corrected chi connectivity index (χ4v) is 1.41. The first-order valence-electron chi connectivity index (χ1n) is 5.14. The van der Waals surface area contributed by atoms with E-state index in [1.807, 2.05) is 6.92 Å². The van der Waals surface area contributed by atoms with Crippen LogP contribution in [0.5, 0.6) is 0 Å². The predicted molar refractivity (Wildman–Crippen MR) is 62.5 cm³/mol. The topological polar surface area (TPSA) is 20.3 Å². The van der Waals surface area contributed by atoms with Gasteiger partial charge in [-0.1, -0.05) is 12.0 Å². The van der Waals surface area contributed by atoms with Crippen molar-refractivity contribution in [2.24, 2.45) is 0 Å². The van der Waals surface area contributed by atoms with Gasteiger partial charge >= 0.3 is 0 Å². The van der Waals surface area contributed by atoms with Gasteiger partial charge in [0.1, 0.15) is 5.82 Å². The second-order valence-corrected chi connectivity index (χ2v) is 3.22. The lowest BCUT2D eigenvalue weighted by Crippen LogP contribution is -2.30. The van der Waals surface area contributed by atoms with Gasteiger partial charge in [0.05, 0.1) is 6.42 Å². The van der Waals surface area contributed by atoms with Crippen LogP contribution < -0.4 is 4.90 Å². The van der Waals surface area contributed by atoms with Gasteiger partial charge in [-0.2, -0.15) is 0 Å². The van der Waals surface area contributed by atoms with Crippen LogP contribution in [0.4, 0.5) is 10.1 Å². The summed E-state index contributed by atoms with van der Waals surface area (Å²) in [5, 5.41) is 0. The molecule has 84 valence electrons. The van der Waals surface area contributed by atoms with E-state index in [1.54, 1.807) is 19.1 Å².